The molecule has 0 fully saturated rings. The van der Waals surface area contributed by atoms with Gasteiger partial charge >= 0.3 is 0 Å². The summed E-state index contributed by atoms with van der Waals surface area (Å²) in [4.78, 5) is 12.3. The molecule has 0 aliphatic carbocycles. The molecule has 0 saturated heterocycles. The van der Waals surface area contributed by atoms with Crippen LogP contribution in [0.2, 0.25) is 0 Å². The fourth-order valence-corrected chi connectivity index (χ4v) is 2.54. The molecule has 0 aliphatic rings. The summed E-state index contributed by atoms with van der Waals surface area (Å²) < 4.78 is 5.78. The Balaban J connectivity index is 1.84. The first kappa shape index (κ1) is 12.6. The van der Waals surface area contributed by atoms with Crippen LogP contribution < -0.4 is 16.2 Å². The summed E-state index contributed by atoms with van der Waals surface area (Å²) in [6.07, 6.45) is 2.54. The lowest BCUT2D eigenvalue weighted by molar-refractivity contribution is 0.325. The number of hydrogen-bond donors (Lipinski definition) is 2. The number of thiazole rings is 1. The molecule has 102 valence electrons. The molecule has 6 nitrogen and oxygen atoms in total. The maximum absolute atomic E-state index is 5.90. The highest BCUT2D eigenvalue weighted by atomic mass is 32.1. The molecule has 0 unspecified atom stereocenters. The fourth-order valence-electron chi connectivity index (χ4n) is 1.94. The normalized spacial score (nSPS) is 10.8. The number of nitrogens with two attached hydrogens (primary N) is 2. The second-order valence-corrected chi connectivity index (χ2v) is 5.12. The van der Waals surface area contributed by atoms with E-state index in [0.29, 0.717) is 29.1 Å². The number of rotatable bonds is 4. The number of fused-ring (bicyclic) bond motifs is 1. The Morgan fingerprint density at radius 3 is 2.90 bits per heavy atom. The molecule has 3 aromatic rings. The minimum absolute atomic E-state index is 0.162. The van der Waals surface area contributed by atoms with Crippen LogP contribution in [0.5, 0.6) is 5.75 Å². The molecule has 1 aromatic carbocycles. The van der Waals surface area contributed by atoms with Gasteiger partial charge in [-0.2, -0.15) is 4.98 Å². The third-order valence-electron chi connectivity index (χ3n) is 2.79. The summed E-state index contributed by atoms with van der Waals surface area (Å²) in [6.45, 7) is 0.524. The molecular formula is C13H13N5OS. The molecule has 0 saturated carbocycles. The van der Waals surface area contributed by atoms with Crippen molar-refractivity contribution in [3.05, 3.63) is 34.8 Å². The van der Waals surface area contributed by atoms with Crippen molar-refractivity contribution in [1.82, 2.24) is 15.0 Å². The number of benzene rings is 1. The van der Waals surface area contributed by atoms with E-state index in [2.05, 4.69) is 15.0 Å². The lowest BCUT2D eigenvalue weighted by Gasteiger charge is -2.10. The third-order valence-corrected chi connectivity index (χ3v) is 3.63. The van der Waals surface area contributed by atoms with Crippen molar-refractivity contribution in [3.63, 3.8) is 0 Å². The van der Waals surface area contributed by atoms with Crippen LogP contribution in [0.1, 0.15) is 5.01 Å². The van der Waals surface area contributed by atoms with E-state index in [-0.39, 0.29) is 5.95 Å². The molecule has 20 heavy (non-hydrogen) atoms. The first-order valence-electron chi connectivity index (χ1n) is 6.07. The molecular weight excluding hydrogens is 274 g/mol. The van der Waals surface area contributed by atoms with Crippen LogP contribution in [0, 0.1) is 0 Å². The monoisotopic (exact) mass is 287 g/mol. The third kappa shape index (κ3) is 2.48. The number of hydrogen-bond acceptors (Lipinski definition) is 7. The first-order chi connectivity index (χ1) is 9.74. The standard InChI is InChI=1S/C13H13N5OS/c14-12-11-8(17-13(15)18-12)2-1-3-9(11)19-6-4-10-16-5-7-20-10/h1-3,5,7H,4,6H2,(H4,14,15,17,18). The first-order valence-corrected chi connectivity index (χ1v) is 6.95. The molecule has 0 amide bonds. The van der Waals surface area contributed by atoms with Gasteiger partial charge in [0.1, 0.15) is 11.6 Å². The predicted molar refractivity (Wildman–Crippen MR) is 79.7 cm³/mol. The van der Waals surface area contributed by atoms with Gasteiger partial charge in [0.2, 0.25) is 5.95 Å². The predicted octanol–water partition coefficient (Wildman–Crippen LogP) is 1.87. The minimum atomic E-state index is 0.162. The van der Waals surface area contributed by atoms with Crippen molar-refractivity contribution >= 4 is 34.0 Å². The van der Waals surface area contributed by atoms with Gasteiger partial charge in [-0.05, 0) is 12.1 Å². The van der Waals surface area contributed by atoms with Gasteiger partial charge in [-0.25, -0.2) is 9.97 Å². The van der Waals surface area contributed by atoms with Gasteiger partial charge in [-0.1, -0.05) is 6.07 Å². The minimum Gasteiger partial charge on any atom is -0.492 e. The Morgan fingerprint density at radius 1 is 1.20 bits per heavy atom. The van der Waals surface area contributed by atoms with Crippen molar-refractivity contribution in [2.45, 2.75) is 6.42 Å². The highest BCUT2D eigenvalue weighted by molar-refractivity contribution is 7.09. The van der Waals surface area contributed by atoms with Gasteiger partial charge in [-0.15, -0.1) is 11.3 Å². The summed E-state index contributed by atoms with van der Waals surface area (Å²) >= 11 is 1.61. The number of aromatic nitrogens is 3. The van der Waals surface area contributed by atoms with Gasteiger partial charge in [0.15, 0.2) is 0 Å². The smallest absolute Gasteiger partial charge is 0.222 e. The Morgan fingerprint density at radius 2 is 2.10 bits per heavy atom. The summed E-state index contributed by atoms with van der Waals surface area (Å²) in [5.74, 6) is 1.16. The molecule has 0 atom stereocenters. The molecule has 0 spiro atoms. The second kappa shape index (κ2) is 5.30. The number of ether oxygens (including phenoxy) is 1. The second-order valence-electron chi connectivity index (χ2n) is 4.14. The molecule has 7 heteroatoms. The largest absolute Gasteiger partial charge is 0.492 e. The highest BCUT2D eigenvalue weighted by Gasteiger charge is 2.09. The summed E-state index contributed by atoms with van der Waals surface area (Å²) in [5.41, 5.74) is 12.2. The zero-order chi connectivity index (χ0) is 13.9. The van der Waals surface area contributed by atoms with E-state index in [1.807, 2.05) is 23.6 Å². The van der Waals surface area contributed by atoms with E-state index < -0.39 is 0 Å². The average Bonchev–Trinajstić information content (AvgIpc) is 2.91. The maximum Gasteiger partial charge on any atom is 0.222 e. The van der Waals surface area contributed by atoms with E-state index >= 15 is 0 Å². The van der Waals surface area contributed by atoms with Crippen LogP contribution in [0.25, 0.3) is 10.9 Å². The number of nitrogens with zero attached hydrogens (tertiary/aromatic N) is 3. The molecule has 3 rings (SSSR count). The van der Waals surface area contributed by atoms with Crippen molar-refractivity contribution in [3.8, 4) is 5.75 Å². The van der Waals surface area contributed by atoms with Gasteiger partial charge in [-0.3, -0.25) is 0 Å². The molecule has 4 N–H and O–H groups in total. The van der Waals surface area contributed by atoms with Gasteiger partial charge in [0, 0.05) is 18.0 Å². The molecule has 0 aliphatic heterocycles. The quantitative estimate of drug-likeness (QED) is 0.760. The van der Waals surface area contributed by atoms with Crippen LogP contribution in [0.3, 0.4) is 0 Å². The van der Waals surface area contributed by atoms with Gasteiger partial charge in [0.25, 0.3) is 0 Å². The highest BCUT2D eigenvalue weighted by Crippen LogP contribution is 2.29. The SMILES string of the molecule is Nc1nc(N)c2c(OCCc3nccs3)cccc2n1. The van der Waals surface area contributed by atoms with Crippen molar-refractivity contribution in [2.75, 3.05) is 18.1 Å². The molecule has 0 radical (unpaired) electrons. The number of nitrogen functional groups attached to an aromatic ring is 2. The Hall–Kier alpha value is -2.41. The number of anilines is 2. The Bertz CT molecular complexity index is 729. The van der Waals surface area contributed by atoms with E-state index in [0.717, 1.165) is 11.4 Å². The van der Waals surface area contributed by atoms with Gasteiger partial charge in [0.05, 0.1) is 22.5 Å². The van der Waals surface area contributed by atoms with Crippen LogP contribution in [0.4, 0.5) is 11.8 Å². The summed E-state index contributed by atoms with van der Waals surface area (Å²) in [6, 6.07) is 5.53. The fraction of sp³-hybridized carbons (Fsp3) is 0.154. The summed E-state index contributed by atoms with van der Waals surface area (Å²) in [7, 11) is 0. The van der Waals surface area contributed by atoms with Gasteiger partial charge < -0.3 is 16.2 Å². The van der Waals surface area contributed by atoms with Crippen molar-refractivity contribution in [2.24, 2.45) is 0 Å². The van der Waals surface area contributed by atoms with Crippen molar-refractivity contribution < 1.29 is 4.74 Å². The lowest BCUT2D eigenvalue weighted by atomic mass is 10.2. The van der Waals surface area contributed by atoms with Crippen LogP contribution in [-0.2, 0) is 6.42 Å². The average molecular weight is 287 g/mol. The van der Waals surface area contributed by atoms with E-state index in [1.54, 1.807) is 17.5 Å². The lowest BCUT2D eigenvalue weighted by Crippen LogP contribution is -2.05. The zero-order valence-electron chi connectivity index (χ0n) is 10.6. The van der Waals surface area contributed by atoms with E-state index in [4.69, 9.17) is 16.2 Å². The van der Waals surface area contributed by atoms with Crippen LogP contribution in [-0.4, -0.2) is 21.6 Å². The topological polar surface area (TPSA) is 99.9 Å². The summed E-state index contributed by atoms with van der Waals surface area (Å²) in [5, 5.41) is 3.68. The maximum atomic E-state index is 5.90. The Kier molecular flexibility index (Phi) is 3.34. The Labute approximate surface area is 119 Å². The van der Waals surface area contributed by atoms with Crippen LogP contribution in [0.15, 0.2) is 29.8 Å². The molecule has 0 bridgehead atoms. The molecule has 2 heterocycles. The zero-order valence-corrected chi connectivity index (χ0v) is 11.4. The van der Waals surface area contributed by atoms with Crippen LogP contribution >= 0.6 is 11.3 Å². The van der Waals surface area contributed by atoms with E-state index in [9.17, 15) is 0 Å². The molecule has 2 aromatic heterocycles. The van der Waals surface area contributed by atoms with E-state index in [1.165, 1.54) is 0 Å². The van der Waals surface area contributed by atoms with Crippen molar-refractivity contribution in [1.29, 1.82) is 0 Å².